The van der Waals surface area contributed by atoms with Gasteiger partial charge in [-0.1, -0.05) is 28.9 Å². The molecule has 0 unspecified atom stereocenters. The molecule has 102 valence electrons. The first-order valence-electron chi connectivity index (χ1n) is 6.23. The minimum Gasteiger partial charge on any atom is -0.442 e. The molecule has 0 fully saturated rings. The molecule has 2 aromatic rings. The van der Waals surface area contributed by atoms with Crippen LogP contribution in [-0.4, -0.2) is 21.5 Å². The summed E-state index contributed by atoms with van der Waals surface area (Å²) < 4.78 is 7.65. The number of hydrogen-bond acceptors (Lipinski definition) is 3. The van der Waals surface area contributed by atoms with Crippen LogP contribution in [0.1, 0.15) is 33.4 Å². The molecular formula is C14H17BrN2O2. The van der Waals surface area contributed by atoms with Gasteiger partial charge in [0.25, 0.3) is 0 Å². The van der Waals surface area contributed by atoms with Crippen LogP contribution in [0.4, 0.5) is 4.79 Å². The van der Waals surface area contributed by atoms with Gasteiger partial charge in [0, 0.05) is 9.86 Å². The van der Waals surface area contributed by atoms with Crippen LogP contribution in [0.2, 0.25) is 0 Å². The highest BCUT2D eigenvalue weighted by Gasteiger charge is 2.22. The highest BCUT2D eigenvalue weighted by atomic mass is 79.9. The Balaban J connectivity index is 2.56. The number of aromatic nitrogens is 2. The number of nitrogens with zero attached hydrogens (tertiary/aromatic N) is 2. The van der Waals surface area contributed by atoms with Crippen molar-refractivity contribution in [3.05, 3.63) is 28.4 Å². The molecule has 0 aliphatic heterocycles. The first-order chi connectivity index (χ1) is 8.83. The summed E-state index contributed by atoms with van der Waals surface area (Å²) in [5.41, 5.74) is 1.11. The first kappa shape index (κ1) is 14.1. The molecule has 5 heteroatoms. The van der Waals surface area contributed by atoms with Gasteiger partial charge in [-0.25, -0.2) is 4.79 Å². The fourth-order valence-corrected chi connectivity index (χ4v) is 2.48. The van der Waals surface area contributed by atoms with E-state index in [1.165, 1.54) is 4.68 Å². The Morgan fingerprint density at radius 2 is 2.11 bits per heavy atom. The lowest BCUT2D eigenvalue weighted by Crippen LogP contribution is -2.27. The molecule has 0 radical (unpaired) electrons. The Kier molecular flexibility index (Phi) is 3.67. The van der Waals surface area contributed by atoms with Crippen molar-refractivity contribution in [1.29, 1.82) is 0 Å². The van der Waals surface area contributed by atoms with Crippen molar-refractivity contribution >= 4 is 32.9 Å². The number of fused-ring (bicyclic) bond motifs is 1. The maximum absolute atomic E-state index is 12.2. The van der Waals surface area contributed by atoms with Gasteiger partial charge in [-0.15, -0.1) is 0 Å². The molecule has 4 nitrogen and oxygen atoms in total. The quantitative estimate of drug-likeness (QED) is 0.791. The van der Waals surface area contributed by atoms with E-state index in [1.807, 2.05) is 45.9 Å². The van der Waals surface area contributed by atoms with Crippen LogP contribution in [0.25, 0.3) is 10.9 Å². The summed E-state index contributed by atoms with van der Waals surface area (Å²) in [5.74, 6) is 0. The lowest BCUT2D eigenvalue weighted by atomic mass is 10.2. The monoisotopic (exact) mass is 324 g/mol. The summed E-state index contributed by atoms with van der Waals surface area (Å²) in [5, 5.41) is 5.33. The van der Waals surface area contributed by atoms with Crippen molar-refractivity contribution < 1.29 is 9.53 Å². The minimum atomic E-state index is -0.534. The average molecular weight is 325 g/mol. The predicted molar refractivity (Wildman–Crippen MR) is 78.4 cm³/mol. The second-order valence-corrected chi connectivity index (χ2v) is 6.18. The average Bonchev–Trinajstić information content (AvgIpc) is 2.67. The van der Waals surface area contributed by atoms with Gasteiger partial charge < -0.3 is 4.74 Å². The van der Waals surface area contributed by atoms with E-state index in [0.29, 0.717) is 0 Å². The zero-order valence-electron chi connectivity index (χ0n) is 11.5. The van der Waals surface area contributed by atoms with Crippen molar-refractivity contribution in [2.24, 2.45) is 0 Å². The molecule has 0 spiro atoms. The van der Waals surface area contributed by atoms with Gasteiger partial charge in [-0.2, -0.15) is 9.78 Å². The maximum atomic E-state index is 12.2. The minimum absolute atomic E-state index is 0.449. The first-order valence-corrected chi connectivity index (χ1v) is 7.02. The fourth-order valence-electron chi connectivity index (χ4n) is 1.89. The molecule has 0 bridgehead atoms. The van der Waals surface area contributed by atoms with E-state index in [-0.39, 0.29) is 0 Å². The second-order valence-electron chi connectivity index (χ2n) is 5.33. The van der Waals surface area contributed by atoms with Crippen molar-refractivity contribution in [3.8, 4) is 0 Å². The molecule has 1 aromatic carbocycles. The molecule has 19 heavy (non-hydrogen) atoms. The van der Waals surface area contributed by atoms with Gasteiger partial charge >= 0.3 is 6.09 Å². The molecule has 0 atom stereocenters. The fraction of sp³-hybridized carbons (Fsp3) is 0.429. The summed E-state index contributed by atoms with van der Waals surface area (Å²) >= 11 is 3.51. The molecule has 1 aromatic heterocycles. The smallest absolute Gasteiger partial charge is 0.435 e. The predicted octanol–water partition coefficient (Wildman–Crippen LogP) is 4.14. The van der Waals surface area contributed by atoms with Crippen LogP contribution in [-0.2, 0) is 11.2 Å². The van der Waals surface area contributed by atoms with Crippen molar-refractivity contribution in [2.45, 2.75) is 39.7 Å². The van der Waals surface area contributed by atoms with Crippen LogP contribution < -0.4 is 0 Å². The van der Waals surface area contributed by atoms with Gasteiger partial charge in [0.2, 0.25) is 0 Å². The number of halogens is 1. The molecule has 1 heterocycles. The van der Waals surface area contributed by atoms with Crippen molar-refractivity contribution in [2.75, 3.05) is 0 Å². The lowest BCUT2D eigenvalue weighted by Gasteiger charge is -2.19. The van der Waals surface area contributed by atoms with Crippen LogP contribution in [0, 0.1) is 0 Å². The number of rotatable bonds is 1. The zero-order chi connectivity index (χ0) is 14.2. The van der Waals surface area contributed by atoms with E-state index in [9.17, 15) is 4.79 Å². The molecule has 0 saturated carbocycles. The number of ether oxygens (including phenoxy) is 1. The van der Waals surface area contributed by atoms with Crippen LogP contribution >= 0.6 is 15.9 Å². The summed E-state index contributed by atoms with van der Waals surface area (Å²) in [6.07, 6.45) is 0.310. The standard InChI is InChI=1S/C14H17BrN2O2/c1-5-10-12-9(15)7-6-8-11(12)17(16-10)13(18)19-14(2,3)4/h6-8H,5H2,1-4H3. The van der Waals surface area contributed by atoms with E-state index < -0.39 is 11.7 Å². The van der Waals surface area contributed by atoms with E-state index in [0.717, 1.165) is 27.5 Å². The Morgan fingerprint density at radius 1 is 1.42 bits per heavy atom. The van der Waals surface area contributed by atoms with E-state index in [4.69, 9.17) is 4.74 Å². The van der Waals surface area contributed by atoms with Gasteiger partial charge in [0.1, 0.15) is 5.60 Å². The third-order valence-corrected chi connectivity index (χ3v) is 3.29. The van der Waals surface area contributed by atoms with Crippen LogP contribution in [0.15, 0.2) is 22.7 Å². The maximum Gasteiger partial charge on any atom is 0.435 e. The molecule has 0 saturated heterocycles. The van der Waals surface area contributed by atoms with Gasteiger partial charge in [0.15, 0.2) is 0 Å². The normalized spacial score (nSPS) is 11.8. The highest BCUT2D eigenvalue weighted by molar-refractivity contribution is 9.10. The lowest BCUT2D eigenvalue weighted by molar-refractivity contribution is 0.0522. The molecular weight excluding hydrogens is 308 g/mol. The highest BCUT2D eigenvalue weighted by Crippen LogP contribution is 2.28. The molecule has 0 N–H and O–H groups in total. The van der Waals surface area contributed by atoms with Gasteiger partial charge in [0.05, 0.1) is 11.2 Å². The van der Waals surface area contributed by atoms with E-state index in [2.05, 4.69) is 21.0 Å². The Bertz CT molecular complexity index is 626. The molecule has 2 rings (SSSR count). The topological polar surface area (TPSA) is 44.1 Å². The van der Waals surface area contributed by atoms with Crippen LogP contribution in [0.3, 0.4) is 0 Å². The van der Waals surface area contributed by atoms with E-state index >= 15 is 0 Å². The Labute approximate surface area is 120 Å². The number of aryl methyl sites for hydroxylation is 1. The number of carbonyl (C=O) groups excluding carboxylic acids is 1. The van der Waals surface area contributed by atoms with Crippen molar-refractivity contribution in [1.82, 2.24) is 9.78 Å². The number of carbonyl (C=O) groups is 1. The molecule has 0 amide bonds. The SMILES string of the molecule is CCc1nn(C(=O)OC(C)(C)C)c2cccc(Br)c12. The zero-order valence-corrected chi connectivity index (χ0v) is 13.1. The second kappa shape index (κ2) is 4.96. The number of hydrogen-bond donors (Lipinski definition) is 0. The van der Waals surface area contributed by atoms with E-state index in [1.54, 1.807) is 0 Å². The largest absolute Gasteiger partial charge is 0.442 e. The number of benzene rings is 1. The molecule has 0 aliphatic carbocycles. The summed E-state index contributed by atoms with van der Waals surface area (Å²) in [6, 6.07) is 5.70. The van der Waals surface area contributed by atoms with Gasteiger partial charge in [-0.05, 0) is 39.3 Å². The summed E-state index contributed by atoms with van der Waals surface area (Å²) in [6.45, 7) is 7.54. The third kappa shape index (κ3) is 2.81. The summed E-state index contributed by atoms with van der Waals surface area (Å²) in [4.78, 5) is 12.2. The Morgan fingerprint density at radius 3 is 2.68 bits per heavy atom. The van der Waals surface area contributed by atoms with Crippen LogP contribution in [0.5, 0.6) is 0 Å². The Hall–Kier alpha value is -1.36. The third-order valence-electron chi connectivity index (χ3n) is 2.63. The van der Waals surface area contributed by atoms with Gasteiger partial charge in [-0.3, -0.25) is 0 Å². The summed E-state index contributed by atoms with van der Waals surface area (Å²) in [7, 11) is 0. The van der Waals surface area contributed by atoms with Crippen molar-refractivity contribution in [3.63, 3.8) is 0 Å². The molecule has 0 aliphatic rings.